The molecule has 1 fully saturated rings. The topological polar surface area (TPSA) is 41.5 Å². The third kappa shape index (κ3) is 3.72. The third-order valence-electron chi connectivity index (χ3n) is 3.43. The lowest BCUT2D eigenvalue weighted by Crippen LogP contribution is -2.34. The van der Waals surface area contributed by atoms with Crippen LogP contribution in [-0.2, 0) is 6.54 Å². The second kappa shape index (κ2) is 6.03. The molecule has 1 aromatic carbocycles. The molecule has 0 atom stereocenters. The van der Waals surface area contributed by atoms with Crippen LogP contribution in [0.4, 0.5) is 0 Å². The second-order valence-corrected chi connectivity index (χ2v) is 4.74. The van der Waals surface area contributed by atoms with Gasteiger partial charge in [-0.05, 0) is 43.4 Å². The Morgan fingerprint density at radius 2 is 2.06 bits per heavy atom. The van der Waals surface area contributed by atoms with Crippen LogP contribution in [-0.4, -0.2) is 24.4 Å². The monoisotopic (exact) mass is 235 g/mol. The first-order valence-corrected chi connectivity index (χ1v) is 6.32. The van der Waals surface area contributed by atoms with Crippen molar-refractivity contribution in [2.75, 3.05) is 7.11 Å². The highest BCUT2D eigenvalue weighted by Crippen LogP contribution is 2.19. The number of hydrogen-bond donors (Lipinski definition) is 2. The van der Waals surface area contributed by atoms with Gasteiger partial charge in [0.15, 0.2) is 0 Å². The zero-order valence-electron chi connectivity index (χ0n) is 10.4. The molecule has 0 radical (unpaired) electrons. The van der Waals surface area contributed by atoms with Crippen molar-refractivity contribution >= 4 is 0 Å². The third-order valence-corrected chi connectivity index (χ3v) is 3.43. The van der Waals surface area contributed by atoms with Gasteiger partial charge in [0.1, 0.15) is 5.75 Å². The molecule has 1 aliphatic carbocycles. The van der Waals surface area contributed by atoms with Gasteiger partial charge in [-0.15, -0.1) is 0 Å². The maximum Gasteiger partial charge on any atom is 0.119 e. The van der Waals surface area contributed by atoms with Gasteiger partial charge in [0, 0.05) is 12.6 Å². The highest BCUT2D eigenvalue weighted by Gasteiger charge is 2.18. The maximum atomic E-state index is 9.44. The van der Waals surface area contributed by atoms with E-state index in [-0.39, 0.29) is 6.10 Å². The Labute approximate surface area is 103 Å². The van der Waals surface area contributed by atoms with Crippen molar-refractivity contribution in [1.29, 1.82) is 0 Å². The number of ether oxygens (including phenoxy) is 1. The largest absolute Gasteiger partial charge is 0.497 e. The molecule has 17 heavy (non-hydrogen) atoms. The highest BCUT2D eigenvalue weighted by atomic mass is 16.5. The van der Waals surface area contributed by atoms with Crippen LogP contribution in [0.5, 0.6) is 5.75 Å². The molecule has 0 amide bonds. The van der Waals surface area contributed by atoms with Crippen LogP contribution in [0.2, 0.25) is 0 Å². The Balaban J connectivity index is 1.81. The van der Waals surface area contributed by atoms with E-state index in [4.69, 9.17) is 4.74 Å². The predicted molar refractivity (Wildman–Crippen MR) is 68.1 cm³/mol. The summed E-state index contributed by atoms with van der Waals surface area (Å²) in [6.45, 7) is 0.873. The van der Waals surface area contributed by atoms with Crippen LogP contribution in [0.25, 0.3) is 0 Å². The summed E-state index contributed by atoms with van der Waals surface area (Å²) >= 11 is 0. The number of aliphatic hydroxyl groups excluding tert-OH is 1. The quantitative estimate of drug-likeness (QED) is 0.839. The Hall–Kier alpha value is -1.06. The summed E-state index contributed by atoms with van der Waals surface area (Å²) in [6.07, 6.45) is 3.92. The van der Waals surface area contributed by atoms with Crippen molar-refractivity contribution < 1.29 is 9.84 Å². The number of hydrogen-bond acceptors (Lipinski definition) is 3. The molecule has 2 N–H and O–H groups in total. The van der Waals surface area contributed by atoms with Gasteiger partial charge in [0.25, 0.3) is 0 Å². The Bertz CT molecular complexity index is 346. The molecule has 94 valence electrons. The summed E-state index contributed by atoms with van der Waals surface area (Å²) in [7, 11) is 1.69. The Morgan fingerprint density at radius 3 is 2.76 bits per heavy atom. The summed E-state index contributed by atoms with van der Waals surface area (Å²) in [6, 6.07) is 8.68. The average Bonchev–Trinajstić information content (AvgIpc) is 2.38. The number of nitrogens with one attached hydrogen (secondary N) is 1. The van der Waals surface area contributed by atoms with E-state index in [9.17, 15) is 5.11 Å². The van der Waals surface area contributed by atoms with E-state index in [1.807, 2.05) is 12.1 Å². The van der Waals surface area contributed by atoms with Gasteiger partial charge in [-0.2, -0.15) is 0 Å². The summed E-state index contributed by atoms with van der Waals surface area (Å²) < 4.78 is 5.20. The molecule has 0 bridgehead atoms. The Kier molecular flexibility index (Phi) is 4.40. The van der Waals surface area contributed by atoms with E-state index in [0.717, 1.165) is 38.0 Å². The first-order chi connectivity index (χ1) is 8.28. The van der Waals surface area contributed by atoms with Crippen LogP contribution in [0.1, 0.15) is 31.2 Å². The van der Waals surface area contributed by atoms with E-state index in [1.54, 1.807) is 7.11 Å². The minimum Gasteiger partial charge on any atom is -0.497 e. The molecule has 1 saturated carbocycles. The van der Waals surface area contributed by atoms with E-state index in [0.29, 0.717) is 6.04 Å². The first kappa shape index (κ1) is 12.4. The van der Waals surface area contributed by atoms with Gasteiger partial charge in [-0.1, -0.05) is 12.1 Å². The molecule has 1 aromatic rings. The molecule has 3 heteroatoms. The lowest BCUT2D eigenvalue weighted by atomic mass is 9.93. The molecule has 0 heterocycles. The standard InChI is InChI=1S/C14H21NO2/c1-17-14-4-2-3-11(9-14)10-15-12-5-7-13(16)8-6-12/h2-4,9,12-13,15-16H,5-8,10H2,1H3. The van der Waals surface area contributed by atoms with Crippen LogP contribution >= 0.6 is 0 Å². The van der Waals surface area contributed by atoms with E-state index < -0.39 is 0 Å². The SMILES string of the molecule is COc1cccc(CNC2CCC(O)CC2)c1. The van der Waals surface area contributed by atoms with Crippen LogP contribution in [0.3, 0.4) is 0 Å². The number of aliphatic hydroxyl groups is 1. The van der Waals surface area contributed by atoms with Gasteiger partial charge >= 0.3 is 0 Å². The van der Waals surface area contributed by atoms with Gasteiger partial charge < -0.3 is 15.2 Å². The highest BCUT2D eigenvalue weighted by molar-refractivity contribution is 5.28. The smallest absolute Gasteiger partial charge is 0.119 e. The van der Waals surface area contributed by atoms with Crippen molar-refractivity contribution in [3.05, 3.63) is 29.8 Å². The van der Waals surface area contributed by atoms with E-state index in [2.05, 4.69) is 17.4 Å². The zero-order chi connectivity index (χ0) is 12.1. The van der Waals surface area contributed by atoms with Crippen molar-refractivity contribution in [2.24, 2.45) is 0 Å². The normalized spacial score (nSPS) is 24.6. The molecular weight excluding hydrogens is 214 g/mol. The van der Waals surface area contributed by atoms with Gasteiger partial charge in [-0.25, -0.2) is 0 Å². The summed E-state index contributed by atoms with van der Waals surface area (Å²) in [5, 5.41) is 13.0. The molecule has 0 spiro atoms. The lowest BCUT2D eigenvalue weighted by Gasteiger charge is -2.26. The molecule has 1 aliphatic rings. The van der Waals surface area contributed by atoms with Crippen LogP contribution < -0.4 is 10.1 Å². The van der Waals surface area contributed by atoms with E-state index >= 15 is 0 Å². The van der Waals surface area contributed by atoms with Crippen molar-refractivity contribution in [3.8, 4) is 5.75 Å². The number of methoxy groups -OCH3 is 1. The molecule has 0 aliphatic heterocycles. The summed E-state index contributed by atoms with van der Waals surface area (Å²) in [4.78, 5) is 0. The number of benzene rings is 1. The molecule has 3 nitrogen and oxygen atoms in total. The predicted octanol–water partition coefficient (Wildman–Crippen LogP) is 2.09. The van der Waals surface area contributed by atoms with Crippen molar-refractivity contribution in [1.82, 2.24) is 5.32 Å². The average molecular weight is 235 g/mol. The second-order valence-electron chi connectivity index (χ2n) is 4.74. The van der Waals surface area contributed by atoms with Crippen molar-refractivity contribution in [2.45, 2.75) is 44.4 Å². The first-order valence-electron chi connectivity index (χ1n) is 6.32. The molecule has 0 aromatic heterocycles. The fourth-order valence-corrected chi connectivity index (χ4v) is 2.32. The molecular formula is C14H21NO2. The molecule has 0 unspecified atom stereocenters. The maximum absolute atomic E-state index is 9.44. The summed E-state index contributed by atoms with van der Waals surface area (Å²) in [5.41, 5.74) is 1.25. The minimum atomic E-state index is -0.0788. The lowest BCUT2D eigenvalue weighted by molar-refractivity contribution is 0.116. The van der Waals surface area contributed by atoms with Gasteiger partial charge in [0.2, 0.25) is 0 Å². The zero-order valence-corrected chi connectivity index (χ0v) is 10.4. The minimum absolute atomic E-state index is 0.0788. The van der Waals surface area contributed by atoms with Gasteiger partial charge in [-0.3, -0.25) is 0 Å². The van der Waals surface area contributed by atoms with Gasteiger partial charge in [0.05, 0.1) is 13.2 Å². The van der Waals surface area contributed by atoms with Crippen LogP contribution in [0.15, 0.2) is 24.3 Å². The Morgan fingerprint density at radius 1 is 1.29 bits per heavy atom. The van der Waals surface area contributed by atoms with Crippen LogP contribution in [0, 0.1) is 0 Å². The fraction of sp³-hybridized carbons (Fsp3) is 0.571. The summed E-state index contributed by atoms with van der Waals surface area (Å²) in [5.74, 6) is 0.906. The van der Waals surface area contributed by atoms with Crippen molar-refractivity contribution in [3.63, 3.8) is 0 Å². The number of rotatable bonds is 4. The van der Waals surface area contributed by atoms with E-state index in [1.165, 1.54) is 5.56 Å². The molecule has 0 saturated heterocycles. The fourth-order valence-electron chi connectivity index (χ4n) is 2.32. The molecule has 2 rings (SSSR count).